The van der Waals surface area contributed by atoms with Crippen LogP contribution in [-0.2, 0) is 9.47 Å². The molecule has 2 atom stereocenters. The number of hydrogen-bond acceptors (Lipinski definition) is 4. The molecule has 0 aromatic heterocycles. The fourth-order valence-corrected chi connectivity index (χ4v) is 2.37. The number of ether oxygens (including phenoxy) is 4. The van der Waals surface area contributed by atoms with Crippen LogP contribution in [0.2, 0.25) is 0 Å². The van der Waals surface area contributed by atoms with Gasteiger partial charge < -0.3 is 18.9 Å². The molecule has 2 aliphatic rings. The van der Waals surface area contributed by atoms with Crippen molar-refractivity contribution < 1.29 is 18.9 Å². The summed E-state index contributed by atoms with van der Waals surface area (Å²) in [6.07, 6.45) is 0.559. The van der Waals surface area contributed by atoms with Gasteiger partial charge in [0.2, 0.25) is 0 Å². The van der Waals surface area contributed by atoms with Crippen LogP contribution in [0.5, 0.6) is 11.5 Å². The van der Waals surface area contributed by atoms with E-state index in [4.69, 9.17) is 18.9 Å². The molecule has 4 heteroatoms. The van der Waals surface area contributed by atoms with Crippen molar-refractivity contribution in [2.24, 2.45) is 0 Å². The minimum atomic E-state index is 0.279. The summed E-state index contributed by atoms with van der Waals surface area (Å²) in [7, 11) is 0. The molecule has 0 amide bonds. The predicted octanol–water partition coefficient (Wildman–Crippen LogP) is 2.70. The summed E-state index contributed by atoms with van der Waals surface area (Å²) < 4.78 is 21.8. The Balaban J connectivity index is 1.54. The number of aryl methyl sites for hydroxylation is 1. The van der Waals surface area contributed by atoms with Crippen molar-refractivity contribution in [3.8, 4) is 11.5 Å². The Hall–Kier alpha value is -1.78. The van der Waals surface area contributed by atoms with E-state index in [0.29, 0.717) is 13.2 Å². The molecule has 0 saturated carbocycles. The Morgan fingerprint density at radius 2 is 1.62 bits per heavy atom. The van der Waals surface area contributed by atoms with Crippen LogP contribution >= 0.6 is 0 Å². The molecule has 4 nitrogen and oxygen atoms in total. The van der Waals surface area contributed by atoms with Gasteiger partial charge in [0.25, 0.3) is 0 Å². The highest BCUT2D eigenvalue weighted by Gasteiger charge is 2.24. The molecule has 2 aliphatic heterocycles. The topological polar surface area (TPSA) is 43.5 Å². The van der Waals surface area contributed by atoms with Gasteiger partial charge in [0.05, 0.1) is 13.2 Å². The van der Waals surface area contributed by atoms with E-state index in [0.717, 1.165) is 30.1 Å². The second-order valence-corrected chi connectivity index (χ2v) is 5.66. The molecule has 2 aromatic carbocycles. The zero-order valence-corrected chi connectivity index (χ0v) is 12.0. The van der Waals surface area contributed by atoms with Gasteiger partial charge in [-0.3, -0.25) is 0 Å². The van der Waals surface area contributed by atoms with Crippen molar-refractivity contribution in [3.05, 3.63) is 35.9 Å². The maximum Gasteiger partial charge on any atom is 0.120 e. The average molecular weight is 286 g/mol. The molecule has 2 saturated heterocycles. The fourth-order valence-electron chi connectivity index (χ4n) is 2.37. The highest BCUT2D eigenvalue weighted by atomic mass is 16.6. The molecule has 0 radical (unpaired) electrons. The summed E-state index contributed by atoms with van der Waals surface area (Å²) in [5.41, 5.74) is 1.19. The molecule has 0 aliphatic carbocycles. The van der Waals surface area contributed by atoms with Gasteiger partial charge in [0.1, 0.15) is 36.9 Å². The molecule has 0 N–H and O–H groups in total. The SMILES string of the molecule is Cc1cc(OCC2CO2)cc2ccc(OCC3CO3)cc12. The number of fused-ring (bicyclic) bond motifs is 1. The third-order valence-electron chi connectivity index (χ3n) is 3.78. The molecule has 2 aromatic rings. The summed E-state index contributed by atoms with van der Waals surface area (Å²) in [5, 5.41) is 2.36. The Kier molecular flexibility index (Phi) is 3.20. The summed E-state index contributed by atoms with van der Waals surface area (Å²) in [6, 6.07) is 10.3. The second kappa shape index (κ2) is 5.20. The van der Waals surface area contributed by atoms with E-state index in [-0.39, 0.29) is 12.2 Å². The Morgan fingerprint density at radius 1 is 0.952 bits per heavy atom. The predicted molar refractivity (Wildman–Crippen MR) is 79.2 cm³/mol. The van der Waals surface area contributed by atoms with Crippen molar-refractivity contribution in [2.75, 3.05) is 26.4 Å². The van der Waals surface area contributed by atoms with E-state index in [2.05, 4.69) is 31.2 Å². The van der Waals surface area contributed by atoms with Gasteiger partial charge in [0.15, 0.2) is 0 Å². The third kappa shape index (κ3) is 3.12. The van der Waals surface area contributed by atoms with Crippen LogP contribution in [0, 0.1) is 6.92 Å². The molecule has 110 valence electrons. The van der Waals surface area contributed by atoms with E-state index in [1.165, 1.54) is 10.9 Å². The molecular formula is C17H18O4. The smallest absolute Gasteiger partial charge is 0.120 e. The van der Waals surface area contributed by atoms with Gasteiger partial charge >= 0.3 is 0 Å². The van der Waals surface area contributed by atoms with Crippen LogP contribution in [0.25, 0.3) is 10.8 Å². The number of epoxide rings is 2. The third-order valence-corrected chi connectivity index (χ3v) is 3.78. The van der Waals surface area contributed by atoms with Gasteiger partial charge in [-0.2, -0.15) is 0 Å². The molecule has 4 rings (SSSR count). The van der Waals surface area contributed by atoms with Crippen LogP contribution < -0.4 is 9.47 Å². The van der Waals surface area contributed by atoms with Crippen molar-refractivity contribution in [2.45, 2.75) is 19.1 Å². The minimum absolute atomic E-state index is 0.279. The normalized spacial score (nSPS) is 23.1. The zero-order chi connectivity index (χ0) is 14.2. The van der Waals surface area contributed by atoms with Crippen LogP contribution in [-0.4, -0.2) is 38.6 Å². The van der Waals surface area contributed by atoms with Crippen LogP contribution in [0.15, 0.2) is 30.3 Å². The van der Waals surface area contributed by atoms with E-state index in [1.807, 2.05) is 6.07 Å². The first-order valence-electron chi connectivity index (χ1n) is 7.31. The molecule has 2 fully saturated rings. The van der Waals surface area contributed by atoms with Gasteiger partial charge in [-0.05, 0) is 47.5 Å². The van der Waals surface area contributed by atoms with Gasteiger partial charge in [-0.1, -0.05) is 6.07 Å². The Morgan fingerprint density at radius 3 is 2.29 bits per heavy atom. The fraction of sp³-hybridized carbons (Fsp3) is 0.412. The second-order valence-electron chi connectivity index (χ2n) is 5.66. The van der Waals surface area contributed by atoms with Crippen LogP contribution in [0.3, 0.4) is 0 Å². The van der Waals surface area contributed by atoms with Gasteiger partial charge in [-0.25, -0.2) is 0 Å². The average Bonchev–Trinajstić information content (AvgIpc) is 3.38. The van der Waals surface area contributed by atoms with E-state index >= 15 is 0 Å². The maximum absolute atomic E-state index is 5.76. The maximum atomic E-state index is 5.76. The molecule has 2 unspecified atom stereocenters. The van der Waals surface area contributed by atoms with Gasteiger partial charge in [-0.15, -0.1) is 0 Å². The first-order valence-corrected chi connectivity index (χ1v) is 7.31. The molecule has 0 spiro atoms. The monoisotopic (exact) mass is 286 g/mol. The first-order chi connectivity index (χ1) is 10.3. The molecule has 2 heterocycles. The lowest BCUT2D eigenvalue weighted by molar-refractivity contribution is 0.262. The van der Waals surface area contributed by atoms with Crippen molar-refractivity contribution in [3.63, 3.8) is 0 Å². The summed E-state index contributed by atoms with van der Waals surface area (Å²) in [4.78, 5) is 0. The lowest BCUT2D eigenvalue weighted by Gasteiger charge is -2.10. The molecular weight excluding hydrogens is 268 g/mol. The Labute approximate surface area is 123 Å². The summed E-state index contributed by atoms with van der Waals surface area (Å²) in [6.45, 7) is 4.99. The minimum Gasteiger partial charge on any atom is -0.491 e. The standard InChI is InChI=1S/C17H18O4/c1-11-4-14(19-8-16-10-21-16)5-12-2-3-13(6-17(11)12)18-7-15-9-20-15/h2-6,15-16H,7-10H2,1H3. The largest absolute Gasteiger partial charge is 0.491 e. The Bertz CT molecular complexity index is 659. The quantitative estimate of drug-likeness (QED) is 0.766. The highest BCUT2D eigenvalue weighted by Crippen LogP contribution is 2.29. The van der Waals surface area contributed by atoms with Crippen molar-refractivity contribution in [1.29, 1.82) is 0 Å². The number of benzene rings is 2. The van der Waals surface area contributed by atoms with E-state index in [1.54, 1.807) is 0 Å². The van der Waals surface area contributed by atoms with Gasteiger partial charge in [0, 0.05) is 0 Å². The highest BCUT2D eigenvalue weighted by molar-refractivity contribution is 5.88. The summed E-state index contributed by atoms with van der Waals surface area (Å²) >= 11 is 0. The van der Waals surface area contributed by atoms with E-state index < -0.39 is 0 Å². The number of rotatable bonds is 6. The molecule has 0 bridgehead atoms. The molecule has 21 heavy (non-hydrogen) atoms. The lowest BCUT2D eigenvalue weighted by atomic mass is 10.0. The lowest BCUT2D eigenvalue weighted by Crippen LogP contribution is -2.04. The zero-order valence-electron chi connectivity index (χ0n) is 12.0. The first kappa shape index (κ1) is 12.9. The van der Waals surface area contributed by atoms with Crippen LogP contribution in [0.1, 0.15) is 5.56 Å². The summed E-state index contributed by atoms with van der Waals surface area (Å²) in [5.74, 6) is 1.79. The van der Waals surface area contributed by atoms with Crippen molar-refractivity contribution in [1.82, 2.24) is 0 Å². The van der Waals surface area contributed by atoms with Crippen LogP contribution in [0.4, 0.5) is 0 Å². The van der Waals surface area contributed by atoms with Crippen molar-refractivity contribution >= 4 is 10.8 Å². The van der Waals surface area contributed by atoms with E-state index in [9.17, 15) is 0 Å². The number of hydrogen-bond donors (Lipinski definition) is 0.